The summed E-state index contributed by atoms with van der Waals surface area (Å²) < 4.78 is 0. The van der Waals surface area contributed by atoms with Gasteiger partial charge in [-0.25, -0.2) is 0 Å². The van der Waals surface area contributed by atoms with Gasteiger partial charge in [0.05, 0.1) is 10.8 Å². The number of phenols is 14. The van der Waals surface area contributed by atoms with Crippen molar-refractivity contribution in [3.63, 3.8) is 0 Å². The van der Waals surface area contributed by atoms with E-state index < -0.39 is 113 Å². The van der Waals surface area contributed by atoms with Crippen molar-refractivity contribution in [1.29, 1.82) is 0 Å². The first-order valence-corrected chi connectivity index (χ1v) is 14.2. The predicted octanol–water partition coefficient (Wildman–Crippen LogP) is 5.82. The van der Waals surface area contributed by atoms with Crippen molar-refractivity contribution in [3.05, 3.63) is 48.0 Å². The monoisotopic (exact) mass is 668 g/mol. The Kier molecular flexibility index (Phi) is 6.14. The highest BCUT2D eigenvalue weighted by atomic mass is 16.4. The van der Waals surface area contributed by atoms with Crippen LogP contribution in [0.15, 0.2) is 42.5 Å². The van der Waals surface area contributed by atoms with Gasteiger partial charge in [0, 0.05) is 21.9 Å². The Balaban J connectivity index is 1.70. The van der Waals surface area contributed by atoms with Gasteiger partial charge < -0.3 is 71.5 Å². The summed E-state index contributed by atoms with van der Waals surface area (Å²) in [5.41, 5.74) is -0.140. The highest BCUT2D eigenvalue weighted by Gasteiger charge is 2.32. The lowest BCUT2D eigenvalue weighted by molar-refractivity contribution is 0.347. The van der Waals surface area contributed by atoms with E-state index in [-0.39, 0.29) is 21.9 Å². The molecule has 7 rings (SSSR count). The van der Waals surface area contributed by atoms with E-state index in [2.05, 4.69) is 0 Å². The average Bonchev–Trinajstić information content (AvgIpc) is 3.09. The zero-order chi connectivity index (χ0) is 35.5. The Labute approximate surface area is 272 Å². The molecule has 0 heterocycles. The summed E-state index contributed by atoms with van der Waals surface area (Å²) in [6, 6.07) is 10.9. The molecule has 0 radical (unpaired) electrons. The molecule has 0 aromatic heterocycles. The van der Waals surface area contributed by atoms with Gasteiger partial charge in [0.15, 0.2) is 46.0 Å². The predicted molar refractivity (Wildman–Crippen MR) is 175 cm³/mol. The van der Waals surface area contributed by atoms with Crippen molar-refractivity contribution < 1.29 is 71.5 Å². The van der Waals surface area contributed by atoms with Gasteiger partial charge in [-0.3, -0.25) is 0 Å². The molecular weight excluding hydrogens is 644 g/mol. The fraction of sp³-hybridized carbons (Fsp3) is 0.0286. The maximum Gasteiger partial charge on any atom is 0.205 e. The van der Waals surface area contributed by atoms with Crippen LogP contribution in [0.4, 0.5) is 0 Å². The molecule has 0 bridgehead atoms. The summed E-state index contributed by atoms with van der Waals surface area (Å²) in [5, 5.41) is 148. The van der Waals surface area contributed by atoms with Crippen LogP contribution in [0.25, 0.3) is 65.3 Å². The number of hydrogen-bond acceptors (Lipinski definition) is 14. The molecule has 14 nitrogen and oxygen atoms in total. The van der Waals surface area contributed by atoms with Crippen LogP contribution in [0.3, 0.4) is 0 Å². The zero-order valence-electron chi connectivity index (χ0n) is 24.8. The fourth-order valence-corrected chi connectivity index (χ4v) is 6.62. The third-order valence-electron chi connectivity index (χ3n) is 8.99. The Bertz CT molecular complexity index is 2470. The number of hydrogen-bond donors (Lipinski definition) is 14. The summed E-state index contributed by atoms with van der Waals surface area (Å²) in [4.78, 5) is 0. The maximum absolute atomic E-state index is 11.2. The zero-order valence-corrected chi connectivity index (χ0v) is 24.8. The van der Waals surface area contributed by atoms with Crippen LogP contribution in [-0.2, 0) is 0 Å². The number of rotatable bonds is 2. The van der Waals surface area contributed by atoms with E-state index in [1.165, 1.54) is 18.2 Å². The van der Waals surface area contributed by atoms with E-state index in [4.69, 9.17) is 0 Å². The highest BCUT2D eigenvalue weighted by molar-refractivity contribution is 6.21. The van der Waals surface area contributed by atoms with Crippen LogP contribution >= 0.6 is 0 Å². The second-order valence-corrected chi connectivity index (χ2v) is 11.4. The molecule has 0 spiro atoms. The van der Waals surface area contributed by atoms with Crippen molar-refractivity contribution in [2.75, 3.05) is 0 Å². The third-order valence-corrected chi connectivity index (χ3v) is 8.99. The molecule has 0 aliphatic heterocycles. The lowest BCUT2D eigenvalue weighted by atomic mass is 9.86. The van der Waals surface area contributed by atoms with Crippen LogP contribution in [0.2, 0.25) is 0 Å². The molecule has 49 heavy (non-hydrogen) atoms. The molecule has 0 aliphatic carbocycles. The molecule has 0 fully saturated rings. The molecule has 0 aliphatic rings. The van der Waals surface area contributed by atoms with E-state index in [1.807, 2.05) is 0 Å². The van der Waals surface area contributed by atoms with Crippen molar-refractivity contribution >= 4 is 43.1 Å². The van der Waals surface area contributed by atoms with E-state index in [0.29, 0.717) is 16.3 Å². The molecule has 0 saturated carbocycles. The largest absolute Gasteiger partial charge is 0.504 e. The first-order chi connectivity index (χ1) is 23.1. The Hall–Kier alpha value is -7.22. The van der Waals surface area contributed by atoms with Crippen molar-refractivity contribution in [3.8, 4) is 103 Å². The van der Waals surface area contributed by atoms with Gasteiger partial charge in [0.2, 0.25) is 34.5 Å². The SMILES string of the molecule is Cc1c2cccc(-c3c(O)c(O)c(O)c4c(O)c(O)c(O)c(O)c34)c2cc2c(-c3c(O)c(O)c(O)c4c(O)c(O)c(O)c(O)c34)cccc12. The summed E-state index contributed by atoms with van der Waals surface area (Å²) >= 11 is 0. The van der Waals surface area contributed by atoms with E-state index in [1.54, 1.807) is 31.2 Å². The molecule has 7 aromatic carbocycles. The number of fused-ring (bicyclic) bond motifs is 4. The third kappa shape index (κ3) is 3.70. The van der Waals surface area contributed by atoms with Crippen molar-refractivity contribution in [2.45, 2.75) is 6.92 Å². The molecule has 0 unspecified atom stereocenters. The standard InChI is InChI=1S/C35H24O14/c1-9-10-4-2-6-12(16-18-20(26(40)30(44)22(16)36)28(42)34(48)32(46)24(18)38)14(10)8-15-11(9)5-3-7-13(15)17-19-21(27(41)31(45)23(17)37)29(43)35(49)33(47)25(19)39/h2-8,36-49H,1H3. The van der Waals surface area contributed by atoms with Crippen LogP contribution in [-0.4, -0.2) is 71.5 Å². The minimum absolute atomic E-state index is 0.0422. The smallest absolute Gasteiger partial charge is 0.205 e. The minimum Gasteiger partial charge on any atom is -0.504 e. The summed E-state index contributed by atoms with van der Waals surface area (Å²) in [6.07, 6.45) is 0. The summed E-state index contributed by atoms with van der Waals surface area (Å²) in [7, 11) is 0. The molecular formula is C35H24O14. The Morgan fingerprint density at radius 3 is 0.918 bits per heavy atom. The van der Waals surface area contributed by atoms with Crippen molar-refractivity contribution in [2.24, 2.45) is 0 Å². The number of phenolic OH excluding ortho intramolecular Hbond substituents is 14. The molecule has 0 amide bonds. The van der Waals surface area contributed by atoms with E-state index >= 15 is 0 Å². The molecule has 14 heteroatoms. The molecule has 0 saturated heterocycles. The van der Waals surface area contributed by atoms with Gasteiger partial charge in [-0.05, 0) is 51.2 Å². The second-order valence-electron chi connectivity index (χ2n) is 11.4. The lowest BCUT2D eigenvalue weighted by Crippen LogP contribution is -1.93. The first-order valence-electron chi connectivity index (χ1n) is 14.2. The number of aromatic hydroxyl groups is 14. The Morgan fingerprint density at radius 2 is 0.592 bits per heavy atom. The van der Waals surface area contributed by atoms with Crippen LogP contribution in [0.1, 0.15) is 5.56 Å². The Morgan fingerprint density at radius 1 is 0.306 bits per heavy atom. The highest BCUT2D eigenvalue weighted by Crippen LogP contribution is 2.62. The quantitative estimate of drug-likeness (QED) is 0.0587. The van der Waals surface area contributed by atoms with Gasteiger partial charge in [0.1, 0.15) is 0 Å². The summed E-state index contributed by atoms with van der Waals surface area (Å²) in [5.74, 6) is -15.6. The fourth-order valence-electron chi connectivity index (χ4n) is 6.62. The molecule has 248 valence electrons. The molecule has 0 atom stereocenters. The minimum atomic E-state index is -1.21. The van der Waals surface area contributed by atoms with Gasteiger partial charge >= 0.3 is 0 Å². The first kappa shape index (κ1) is 30.4. The lowest BCUT2D eigenvalue weighted by Gasteiger charge is -2.20. The summed E-state index contributed by atoms with van der Waals surface area (Å²) in [6.45, 7) is 1.71. The van der Waals surface area contributed by atoms with E-state index in [0.717, 1.165) is 0 Å². The second kappa shape index (κ2) is 9.89. The maximum atomic E-state index is 11.2. The van der Waals surface area contributed by atoms with Crippen LogP contribution in [0.5, 0.6) is 80.5 Å². The normalized spacial score (nSPS) is 11.7. The van der Waals surface area contributed by atoms with Gasteiger partial charge in [0.25, 0.3) is 0 Å². The average molecular weight is 669 g/mol. The molecule has 14 N–H and O–H groups in total. The van der Waals surface area contributed by atoms with E-state index in [9.17, 15) is 71.5 Å². The van der Waals surface area contributed by atoms with Crippen LogP contribution < -0.4 is 0 Å². The van der Waals surface area contributed by atoms with Crippen LogP contribution in [0, 0.1) is 6.92 Å². The molecule has 7 aromatic rings. The van der Waals surface area contributed by atoms with Gasteiger partial charge in [-0.15, -0.1) is 0 Å². The number of aryl methyl sites for hydroxylation is 1. The van der Waals surface area contributed by atoms with Crippen molar-refractivity contribution in [1.82, 2.24) is 0 Å². The number of benzene rings is 7. The van der Waals surface area contributed by atoms with Gasteiger partial charge in [-0.2, -0.15) is 0 Å². The topological polar surface area (TPSA) is 283 Å². The van der Waals surface area contributed by atoms with Gasteiger partial charge in [-0.1, -0.05) is 36.4 Å².